The molecule has 3 heterocycles. The van der Waals surface area contributed by atoms with Gasteiger partial charge in [0.25, 0.3) is 0 Å². The number of fused-ring (bicyclic) bond motifs is 1. The number of methoxy groups -OCH3 is 1. The Hall–Kier alpha value is -3.81. The molecule has 1 fully saturated rings. The predicted octanol–water partition coefficient (Wildman–Crippen LogP) is 4.22. The number of nitrogens with zero attached hydrogens (tertiary/aromatic N) is 4. The molecule has 0 spiro atoms. The Kier molecular flexibility index (Phi) is 4.84. The molecule has 32 heavy (non-hydrogen) atoms. The highest BCUT2D eigenvalue weighted by atomic mass is 19.1. The molecule has 2 aromatic carbocycles. The van der Waals surface area contributed by atoms with E-state index < -0.39 is 5.72 Å². The van der Waals surface area contributed by atoms with Gasteiger partial charge in [-0.15, -0.1) is 0 Å². The monoisotopic (exact) mass is 434 g/mol. The van der Waals surface area contributed by atoms with Crippen molar-refractivity contribution in [2.24, 2.45) is 5.16 Å². The van der Waals surface area contributed by atoms with Crippen LogP contribution >= 0.6 is 0 Å². The van der Waals surface area contributed by atoms with Gasteiger partial charge >= 0.3 is 0 Å². The lowest BCUT2D eigenvalue weighted by Gasteiger charge is -2.37. The van der Waals surface area contributed by atoms with Gasteiger partial charge in [-0.25, -0.2) is 9.37 Å². The van der Waals surface area contributed by atoms with Crippen molar-refractivity contribution in [1.82, 2.24) is 14.5 Å². The molecule has 2 aliphatic heterocycles. The van der Waals surface area contributed by atoms with Crippen LogP contribution in [0.2, 0.25) is 0 Å². The standard InChI is InChI=1S/C24H23FN4O3/c1-16-14-28(15-26-16)20-9-4-17(12-21(20)30-3)13-22-23-27-32-24(2,29(23)10-11-31-22)18-5-7-19(25)8-6-18/h4-9,12-15H,10-11H2,1-3H3/t24-/m1/s1. The number of rotatable bonds is 4. The number of aryl methyl sites for hydroxylation is 1. The van der Waals surface area contributed by atoms with Crippen LogP contribution in [0, 0.1) is 12.7 Å². The van der Waals surface area contributed by atoms with Crippen molar-refractivity contribution in [2.45, 2.75) is 19.6 Å². The summed E-state index contributed by atoms with van der Waals surface area (Å²) in [7, 11) is 1.64. The summed E-state index contributed by atoms with van der Waals surface area (Å²) < 4.78 is 26.9. The summed E-state index contributed by atoms with van der Waals surface area (Å²) in [5.74, 6) is 1.64. The molecular weight excluding hydrogens is 411 g/mol. The summed E-state index contributed by atoms with van der Waals surface area (Å²) in [4.78, 5) is 12.2. The van der Waals surface area contributed by atoms with Gasteiger partial charge in [-0.05, 0) is 42.8 Å². The fourth-order valence-corrected chi connectivity index (χ4v) is 4.02. The van der Waals surface area contributed by atoms with Crippen LogP contribution in [0.3, 0.4) is 0 Å². The molecule has 8 heteroatoms. The smallest absolute Gasteiger partial charge is 0.234 e. The molecule has 0 N–H and O–H groups in total. The van der Waals surface area contributed by atoms with Crippen molar-refractivity contribution in [2.75, 3.05) is 20.3 Å². The van der Waals surface area contributed by atoms with Crippen molar-refractivity contribution >= 4 is 11.9 Å². The molecule has 0 aliphatic carbocycles. The molecule has 7 nitrogen and oxygen atoms in total. The molecule has 3 aromatic rings. The number of hydrogen-bond acceptors (Lipinski definition) is 6. The number of halogens is 1. The number of hydrogen-bond donors (Lipinski definition) is 0. The van der Waals surface area contributed by atoms with E-state index in [1.54, 1.807) is 25.6 Å². The van der Waals surface area contributed by atoms with Crippen LogP contribution in [0.4, 0.5) is 4.39 Å². The minimum atomic E-state index is -0.827. The van der Waals surface area contributed by atoms with Gasteiger partial charge in [0.1, 0.15) is 18.2 Å². The van der Waals surface area contributed by atoms with E-state index >= 15 is 0 Å². The highest BCUT2D eigenvalue weighted by Gasteiger charge is 2.46. The van der Waals surface area contributed by atoms with Gasteiger partial charge < -0.3 is 23.8 Å². The average Bonchev–Trinajstić information content (AvgIpc) is 3.39. The number of oxime groups is 1. The highest BCUT2D eigenvalue weighted by molar-refractivity contribution is 6.01. The first-order valence-electron chi connectivity index (χ1n) is 10.3. The van der Waals surface area contributed by atoms with E-state index in [0.29, 0.717) is 30.5 Å². The van der Waals surface area contributed by atoms with Crippen LogP contribution < -0.4 is 4.74 Å². The van der Waals surface area contributed by atoms with Crippen LogP contribution in [0.5, 0.6) is 5.75 Å². The third kappa shape index (κ3) is 3.37. The largest absolute Gasteiger partial charge is 0.495 e. The number of aromatic nitrogens is 2. The molecule has 0 radical (unpaired) electrons. The van der Waals surface area contributed by atoms with Crippen LogP contribution in [-0.4, -0.2) is 40.5 Å². The van der Waals surface area contributed by atoms with E-state index in [-0.39, 0.29) is 5.82 Å². The maximum absolute atomic E-state index is 13.4. The number of morpholine rings is 1. The van der Waals surface area contributed by atoms with Gasteiger partial charge in [-0.2, -0.15) is 0 Å². The highest BCUT2D eigenvalue weighted by Crippen LogP contribution is 2.38. The summed E-state index contributed by atoms with van der Waals surface area (Å²) in [6.07, 6.45) is 5.61. The van der Waals surface area contributed by atoms with Gasteiger partial charge in [0.05, 0.1) is 31.4 Å². The van der Waals surface area contributed by atoms with Crippen molar-refractivity contribution in [3.05, 3.63) is 83.4 Å². The molecule has 0 saturated carbocycles. The summed E-state index contributed by atoms with van der Waals surface area (Å²) in [6, 6.07) is 12.2. The Labute approximate surface area is 185 Å². The topological polar surface area (TPSA) is 61.1 Å². The lowest BCUT2D eigenvalue weighted by Crippen LogP contribution is -2.48. The number of benzene rings is 2. The zero-order valence-electron chi connectivity index (χ0n) is 18.1. The Balaban J connectivity index is 1.45. The maximum atomic E-state index is 13.4. The lowest BCUT2D eigenvalue weighted by atomic mass is 10.0. The molecule has 5 rings (SSSR count). The molecule has 0 amide bonds. The van der Waals surface area contributed by atoms with Gasteiger partial charge in [0.15, 0.2) is 5.76 Å². The quantitative estimate of drug-likeness (QED) is 0.615. The molecule has 1 atom stereocenters. The van der Waals surface area contributed by atoms with E-state index in [1.807, 2.05) is 53.8 Å². The second-order valence-electron chi connectivity index (χ2n) is 7.86. The Morgan fingerprint density at radius 3 is 2.72 bits per heavy atom. The van der Waals surface area contributed by atoms with E-state index in [0.717, 1.165) is 22.5 Å². The molecule has 1 aromatic heterocycles. The summed E-state index contributed by atoms with van der Waals surface area (Å²) >= 11 is 0. The van der Waals surface area contributed by atoms with Gasteiger partial charge in [-0.1, -0.05) is 23.4 Å². The van der Waals surface area contributed by atoms with Crippen LogP contribution in [0.25, 0.3) is 11.8 Å². The first-order valence-corrected chi connectivity index (χ1v) is 10.3. The van der Waals surface area contributed by atoms with Crippen molar-refractivity contribution in [1.29, 1.82) is 0 Å². The molecule has 2 aliphatic rings. The molecule has 1 saturated heterocycles. The van der Waals surface area contributed by atoms with Gasteiger partial charge in [0.2, 0.25) is 11.6 Å². The van der Waals surface area contributed by atoms with Crippen LogP contribution in [0.15, 0.2) is 65.9 Å². The van der Waals surface area contributed by atoms with E-state index in [1.165, 1.54) is 12.1 Å². The maximum Gasteiger partial charge on any atom is 0.234 e. The minimum absolute atomic E-state index is 0.290. The first-order chi connectivity index (χ1) is 15.5. The van der Waals surface area contributed by atoms with E-state index in [9.17, 15) is 4.39 Å². The second-order valence-corrected chi connectivity index (χ2v) is 7.86. The second kappa shape index (κ2) is 7.71. The fourth-order valence-electron chi connectivity index (χ4n) is 4.02. The summed E-state index contributed by atoms with van der Waals surface area (Å²) in [6.45, 7) is 4.95. The molecule has 164 valence electrons. The number of ether oxygens (including phenoxy) is 2. The third-order valence-corrected chi connectivity index (χ3v) is 5.74. The Morgan fingerprint density at radius 1 is 1.19 bits per heavy atom. The fraction of sp³-hybridized carbons (Fsp3) is 0.250. The van der Waals surface area contributed by atoms with Crippen LogP contribution in [-0.2, 0) is 15.3 Å². The molecule has 0 unspecified atom stereocenters. The SMILES string of the molecule is COc1cc(C=C2OCCN3C2=NO[C@]3(C)c2ccc(F)cc2)ccc1-n1cnc(C)c1. The summed E-state index contributed by atoms with van der Waals surface area (Å²) in [5.41, 5.74) is 2.72. The average molecular weight is 434 g/mol. The Bertz CT molecular complexity index is 1220. The van der Waals surface area contributed by atoms with Gasteiger partial charge in [-0.3, -0.25) is 0 Å². The number of imidazole rings is 1. The predicted molar refractivity (Wildman–Crippen MR) is 118 cm³/mol. The minimum Gasteiger partial charge on any atom is -0.495 e. The summed E-state index contributed by atoms with van der Waals surface area (Å²) in [5, 5.41) is 4.31. The van der Waals surface area contributed by atoms with Crippen molar-refractivity contribution in [3.8, 4) is 11.4 Å². The lowest BCUT2D eigenvalue weighted by molar-refractivity contribution is -0.0968. The van der Waals surface area contributed by atoms with E-state index in [4.69, 9.17) is 14.3 Å². The van der Waals surface area contributed by atoms with E-state index in [2.05, 4.69) is 10.1 Å². The van der Waals surface area contributed by atoms with Crippen molar-refractivity contribution < 1.29 is 18.7 Å². The first kappa shape index (κ1) is 20.1. The van der Waals surface area contributed by atoms with Crippen LogP contribution in [0.1, 0.15) is 23.7 Å². The number of amidine groups is 1. The van der Waals surface area contributed by atoms with Gasteiger partial charge in [0, 0.05) is 18.7 Å². The molecular formula is C24H23FN4O3. The normalized spacial score (nSPS) is 21.1. The Morgan fingerprint density at radius 2 is 2.00 bits per heavy atom. The molecule has 0 bridgehead atoms. The third-order valence-electron chi connectivity index (χ3n) is 5.74. The zero-order valence-corrected chi connectivity index (χ0v) is 18.1. The van der Waals surface area contributed by atoms with Crippen molar-refractivity contribution in [3.63, 3.8) is 0 Å². The zero-order chi connectivity index (χ0) is 22.3.